The summed E-state index contributed by atoms with van der Waals surface area (Å²) >= 11 is 10.5. The van der Waals surface area contributed by atoms with Crippen molar-refractivity contribution in [3.05, 3.63) is 35.8 Å². The maximum atomic E-state index is 4.42. The van der Waals surface area contributed by atoms with Gasteiger partial charge in [-0.1, -0.05) is 0 Å². The van der Waals surface area contributed by atoms with Crippen LogP contribution in [0.4, 0.5) is 0 Å². The lowest BCUT2D eigenvalue weighted by molar-refractivity contribution is 0.532. The lowest BCUT2D eigenvalue weighted by Gasteiger charge is -2.17. The molecule has 0 aromatic carbocycles. The molecule has 0 fully saturated rings. The van der Waals surface area contributed by atoms with Crippen LogP contribution in [0.1, 0.15) is 29.8 Å². The molecule has 92 valence electrons. The molecule has 0 radical (unpaired) electrons. The zero-order valence-corrected chi connectivity index (χ0v) is 14.2. The van der Waals surface area contributed by atoms with Gasteiger partial charge in [-0.25, -0.2) is 4.98 Å². The third-order valence-corrected chi connectivity index (χ3v) is 6.31. The maximum Gasteiger partial charge on any atom is 0.115 e. The van der Waals surface area contributed by atoms with Gasteiger partial charge in [-0.05, 0) is 51.8 Å². The molecule has 17 heavy (non-hydrogen) atoms. The molecule has 0 spiro atoms. The van der Waals surface area contributed by atoms with Crippen molar-refractivity contribution >= 4 is 54.5 Å². The molecule has 0 aliphatic rings. The standard InChI is InChI=1S/C11H12Br2N2S2/c1-6(2)15-9(11-14-3-4-16-11)8-5-7(12)10(13)17-8/h3-6,9,15H,1-2H3. The average molecular weight is 396 g/mol. The Balaban J connectivity index is 2.33. The van der Waals surface area contributed by atoms with Crippen molar-refractivity contribution in [2.75, 3.05) is 0 Å². The van der Waals surface area contributed by atoms with Gasteiger partial charge < -0.3 is 5.32 Å². The Morgan fingerprint density at radius 2 is 2.12 bits per heavy atom. The van der Waals surface area contributed by atoms with Crippen molar-refractivity contribution in [3.63, 3.8) is 0 Å². The minimum atomic E-state index is 0.183. The molecule has 1 N–H and O–H groups in total. The predicted octanol–water partition coefficient (Wildman–Crippen LogP) is 4.82. The van der Waals surface area contributed by atoms with E-state index in [1.807, 2.05) is 11.6 Å². The summed E-state index contributed by atoms with van der Waals surface area (Å²) in [5, 5.41) is 6.68. The van der Waals surface area contributed by atoms with Crippen LogP contribution in [-0.4, -0.2) is 11.0 Å². The van der Waals surface area contributed by atoms with Crippen LogP contribution in [0, 0.1) is 0 Å². The Morgan fingerprint density at radius 3 is 2.59 bits per heavy atom. The van der Waals surface area contributed by atoms with E-state index in [0.29, 0.717) is 6.04 Å². The number of thiophene rings is 1. The first kappa shape index (κ1) is 13.7. The largest absolute Gasteiger partial charge is 0.301 e. The van der Waals surface area contributed by atoms with Crippen molar-refractivity contribution in [3.8, 4) is 0 Å². The first-order valence-corrected chi connectivity index (χ1v) is 8.46. The predicted molar refractivity (Wildman–Crippen MR) is 81.9 cm³/mol. The number of hydrogen-bond donors (Lipinski definition) is 1. The van der Waals surface area contributed by atoms with E-state index in [1.165, 1.54) is 4.88 Å². The van der Waals surface area contributed by atoms with Gasteiger partial charge >= 0.3 is 0 Å². The summed E-state index contributed by atoms with van der Waals surface area (Å²) in [6, 6.07) is 2.75. The van der Waals surface area contributed by atoms with Gasteiger partial charge in [-0.15, -0.1) is 22.7 Å². The fourth-order valence-corrected chi connectivity index (χ4v) is 4.43. The molecule has 0 amide bonds. The molecule has 2 aromatic heterocycles. The number of nitrogens with one attached hydrogen (secondary N) is 1. The molecule has 2 heterocycles. The minimum Gasteiger partial charge on any atom is -0.301 e. The molecule has 6 heteroatoms. The van der Waals surface area contributed by atoms with Gasteiger partial charge in [0.1, 0.15) is 5.01 Å². The van der Waals surface area contributed by atoms with Gasteiger partial charge in [0.05, 0.1) is 9.83 Å². The molecule has 0 bridgehead atoms. The van der Waals surface area contributed by atoms with E-state index in [9.17, 15) is 0 Å². The fourth-order valence-electron chi connectivity index (χ4n) is 1.49. The van der Waals surface area contributed by atoms with Crippen LogP contribution < -0.4 is 5.32 Å². The normalized spacial score (nSPS) is 13.2. The number of aromatic nitrogens is 1. The van der Waals surface area contributed by atoms with E-state index in [4.69, 9.17) is 0 Å². The Labute approximate surface area is 126 Å². The van der Waals surface area contributed by atoms with E-state index >= 15 is 0 Å². The van der Waals surface area contributed by atoms with Gasteiger partial charge in [0.25, 0.3) is 0 Å². The van der Waals surface area contributed by atoms with E-state index < -0.39 is 0 Å². The molecular weight excluding hydrogens is 384 g/mol. The second kappa shape index (κ2) is 5.93. The molecule has 0 aliphatic carbocycles. The Kier molecular flexibility index (Phi) is 4.77. The molecular formula is C11H12Br2N2S2. The van der Waals surface area contributed by atoms with Crippen LogP contribution in [0.3, 0.4) is 0 Å². The summed E-state index contributed by atoms with van der Waals surface area (Å²) < 4.78 is 2.23. The Morgan fingerprint density at radius 1 is 1.35 bits per heavy atom. The van der Waals surface area contributed by atoms with Crippen molar-refractivity contribution in [2.45, 2.75) is 25.9 Å². The highest BCUT2D eigenvalue weighted by Crippen LogP contribution is 2.38. The number of rotatable bonds is 4. The van der Waals surface area contributed by atoms with Crippen molar-refractivity contribution in [1.82, 2.24) is 10.3 Å². The highest BCUT2D eigenvalue weighted by Gasteiger charge is 2.20. The SMILES string of the molecule is CC(C)NC(c1cc(Br)c(Br)s1)c1nccs1. The summed E-state index contributed by atoms with van der Waals surface area (Å²) in [4.78, 5) is 5.69. The quantitative estimate of drug-likeness (QED) is 0.802. The van der Waals surface area contributed by atoms with Gasteiger partial charge in [0.15, 0.2) is 0 Å². The van der Waals surface area contributed by atoms with Gasteiger partial charge in [0, 0.05) is 27.0 Å². The highest BCUT2D eigenvalue weighted by atomic mass is 79.9. The molecule has 0 saturated carbocycles. The number of halogens is 2. The lowest BCUT2D eigenvalue weighted by Crippen LogP contribution is -2.28. The first-order chi connectivity index (χ1) is 8.08. The van der Waals surface area contributed by atoms with Gasteiger partial charge in [0.2, 0.25) is 0 Å². The molecule has 2 rings (SSSR count). The van der Waals surface area contributed by atoms with E-state index in [2.05, 4.69) is 62.1 Å². The molecule has 1 unspecified atom stereocenters. The first-order valence-electron chi connectivity index (χ1n) is 5.18. The topological polar surface area (TPSA) is 24.9 Å². The molecule has 1 atom stereocenters. The Bertz CT molecular complexity index is 460. The van der Waals surface area contributed by atoms with E-state index in [-0.39, 0.29) is 6.04 Å². The summed E-state index contributed by atoms with van der Waals surface area (Å²) in [6.07, 6.45) is 1.85. The summed E-state index contributed by atoms with van der Waals surface area (Å²) in [5.74, 6) is 0. The highest BCUT2D eigenvalue weighted by molar-refractivity contribution is 9.13. The van der Waals surface area contributed by atoms with Crippen LogP contribution in [-0.2, 0) is 0 Å². The monoisotopic (exact) mass is 394 g/mol. The van der Waals surface area contributed by atoms with Crippen LogP contribution in [0.2, 0.25) is 0 Å². The summed E-state index contributed by atoms with van der Waals surface area (Å²) in [5.41, 5.74) is 0. The minimum absolute atomic E-state index is 0.183. The van der Waals surface area contributed by atoms with E-state index in [0.717, 1.165) is 13.3 Å². The van der Waals surface area contributed by atoms with Gasteiger partial charge in [-0.2, -0.15) is 0 Å². The molecule has 2 aromatic rings. The number of thiazole rings is 1. The second-order valence-electron chi connectivity index (χ2n) is 3.90. The van der Waals surface area contributed by atoms with Crippen LogP contribution in [0.15, 0.2) is 25.9 Å². The summed E-state index contributed by atoms with van der Waals surface area (Å²) in [7, 11) is 0. The molecule has 2 nitrogen and oxygen atoms in total. The Hall–Kier alpha value is 0.250. The third kappa shape index (κ3) is 3.38. The average Bonchev–Trinajstić information content (AvgIpc) is 2.86. The molecule has 0 aliphatic heterocycles. The number of hydrogen-bond acceptors (Lipinski definition) is 4. The number of nitrogens with zero attached hydrogens (tertiary/aromatic N) is 1. The van der Waals surface area contributed by atoms with Crippen molar-refractivity contribution in [1.29, 1.82) is 0 Å². The zero-order chi connectivity index (χ0) is 12.4. The second-order valence-corrected chi connectivity index (χ2v) is 8.08. The van der Waals surface area contributed by atoms with Crippen molar-refractivity contribution in [2.24, 2.45) is 0 Å². The lowest BCUT2D eigenvalue weighted by atomic mass is 10.2. The third-order valence-electron chi connectivity index (χ3n) is 2.15. The summed E-state index contributed by atoms with van der Waals surface area (Å²) in [6.45, 7) is 4.30. The smallest absolute Gasteiger partial charge is 0.115 e. The van der Waals surface area contributed by atoms with E-state index in [1.54, 1.807) is 22.7 Å². The fraction of sp³-hybridized carbons (Fsp3) is 0.364. The van der Waals surface area contributed by atoms with Crippen LogP contribution in [0.5, 0.6) is 0 Å². The zero-order valence-electron chi connectivity index (χ0n) is 9.41. The van der Waals surface area contributed by atoms with Crippen LogP contribution >= 0.6 is 54.5 Å². The molecule has 0 saturated heterocycles. The maximum absolute atomic E-state index is 4.42. The van der Waals surface area contributed by atoms with Gasteiger partial charge in [-0.3, -0.25) is 0 Å². The van der Waals surface area contributed by atoms with Crippen molar-refractivity contribution < 1.29 is 0 Å². The van der Waals surface area contributed by atoms with Crippen LogP contribution in [0.25, 0.3) is 0 Å².